The van der Waals surface area contributed by atoms with E-state index < -0.39 is 0 Å². The number of thiophene rings is 1. The molecule has 1 fully saturated rings. The summed E-state index contributed by atoms with van der Waals surface area (Å²) in [4.78, 5) is 12.8. The molecule has 2 rings (SSSR count). The Morgan fingerprint density at radius 3 is 2.89 bits per heavy atom. The van der Waals surface area contributed by atoms with E-state index in [1.54, 1.807) is 11.3 Å². The number of carbonyl (C=O) groups excluding carboxylic acids is 1. The van der Waals surface area contributed by atoms with Crippen molar-refractivity contribution in [2.45, 2.75) is 31.8 Å². The number of urea groups is 1. The lowest BCUT2D eigenvalue weighted by Crippen LogP contribution is -2.38. The van der Waals surface area contributed by atoms with Gasteiger partial charge in [-0.1, -0.05) is 0 Å². The quantitative estimate of drug-likeness (QED) is 0.767. The van der Waals surface area contributed by atoms with E-state index in [9.17, 15) is 9.90 Å². The van der Waals surface area contributed by atoms with Gasteiger partial charge in [0.05, 0.1) is 9.89 Å². The Morgan fingerprint density at radius 1 is 1.42 bits per heavy atom. The van der Waals surface area contributed by atoms with Gasteiger partial charge >= 0.3 is 6.03 Å². The van der Waals surface area contributed by atoms with Crippen molar-refractivity contribution in [2.75, 3.05) is 13.1 Å². The molecule has 0 radical (unpaired) electrons. The summed E-state index contributed by atoms with van der Waals surface area (Å²) < 4.78 is 1.12. The number of nitrogens with one attached hydrogen (secondary N) is 2. The third kappa shape index (κ3) is 5.12. The number of amides is 2. The van der Waals surface area contributed by atoms with Gasteiger partial charge in [0.1, 0.15) is 0 Å². The Morgan fingerprint density at radius 2 is 2.26 bits per heavy atom. The van der Waals surface area contributed by atoms with Gasteiger partial charge in [0.15, 0.2) is 0 Å². The van der Waals surface area contributed by atoms with Crippen molar-refractivity contribution in [2.24, 2.45) is 5.92 Å². The third-order valence-electron chi connectivity index (χ3n) is 3.35. The highest BCUT2D eigenvalue weighted by atomic mass is 79.9. The summed E-state index contributed by atoms with van der Waals surface area (Å²) in [7, 11) is 0. The van der Waals surface area contributed by atoms with Crippen molar-refractivity contribution in [1.29, 1.82) is 0 Å². The summed E-state index contributed by atoms with van der Waals surface area (Å²) in [6.45, 7) is 1.31. The van der Waals surface area contributed by atoms with Gasteiger partial charge in [-0.3, -0.25) is 0 Å². The number of aliphatic hydroxyl groups is 1. The Labute approximate surface area is 125 Å². The smallest absolute Gasteiger partial charge is 0.314 e. The van der Waals surface area contributed by atoms with Gasteiger partial charge in [-0.05, 0) is 59.7 Å². The molecule has 0 bridgehead atoms. The molecule has 0 aliphatic heterocycles. The molecule has 19 heavy (non-hydrogen) atoms. The average molecular weight is 347 g/mol. The van der Waals surface area contributed by atoms with Crippen molar-refractivity contribution in [3.8, 4) is 0 Å². The number of hydrogen-bond acceptors (Lipinski definition) is 3. The van der Waals surface area contributed by atoms with Crippen LogP contribution in [0.1, 0.15) is 24.1 Å². The highest BCUT2D eigenvalue weighted by molar-refractivity contribution is 9.11. The Kier molecular flexibility index (Phi) is 5.66. The van der Waals surface area contributed by atoms with Gasteiger partial charge in [0.2, 0.25) is 0 Å². The SMILES string of the molecule is O=C(NCCc1ccc(Br)s1)NCC1CCC(O)C1. The normalized spacial score (nSPS) is 22.4. The summed E-state index contributed by atoms with van der Waals surface area (Å²) in [5.74, 6) is 0.425. The number of halogens is 1. The summed E-state index contributed by atoms with van der Waals surface area (Å²) in [5, 5.41) is 15.1. The van der Waals surface area contributed by atoms with E-state index in [4.69, 9.17) is 0 Å². The van der Waals surface area contributed by atoms with Crippen LogP contribution in [0.4, 0.5) is 4.79 Å². The standard InChI is InChI=1S/C13H19BrN2O2S/c14-12-4-3-11(19-12)5-6-15-13(18)16-8-9-1-2-10(17)7-9/h3-4,9-10,17H,1-2,5-8H2,(H2,15,16,18). The van der Waals surface area contributed by atoms with E-state index in [1.165, 1.54) is 4.88 Å². The fraction of sp³-hybridized carbons (Fsp3) is 0.615. The first-order chi connectivity index (χ1) is 9.13. The second kappa shape index (κ2) is 7.26. The largest absolute Gasteiger partial charge is 0.393 e. The van der Waals surface area contributed by atoms with Crippen molar-refractivity contribution in [1.82, 2.24) is 10.6 Å². The number of aliphatic hydroxyl groups excluding tert-OH is 1. The minimum atomic E-state index is -0.174. The monoisotopic (exact) mass is 346 g/mol. The zero-order valence-corrected chi connectivity index (χ0v) is 13.1. The van der Waals surface area contributed by atoms with Crippen LogP contribution in [0.25, 0.3) is 0 Å². The van der Waals surface area contributed by atoms with Crippen LogP contribution in [0.5, 0.6) is 0 Å². The van der Waals surface area contributed by atoms with Crippen LogP contribution in [0.3, 0.4) is 0 Å². The van der Waals surface area contributed by atoms with Gasteiger partial charge in [-0.25, -0.2) is 4.79 Å². The summed E-state index contributed by atoms with van der Waals surface area (Å²) in [6.07, 6.45) is 3.36. The van der Waals surface area contributed by atoms with Crippen molar-refractivity contribution in [3.05, 3.63) is 20.8 Å². The molecule has 2 atom stereocenters. The fourth-order valence-electron chi connectivity index (χ4n) is 2.32. The molecule has 0 spiro atoms. The topological polar surface area (TPSA) is 61.4 Å². The Hall–Kier alpha value is -0.590. The maximum Gasteiger partial charge on any atom is 0.314 e. The van der Waals surface area contributed by atoms with Gasteiger partial charge in [0, 0.05) is 18.0 Å². The second-order valence-corrected chi connectivity index (χ2v) is 7.47. The lowest BCUT2D eigenvalue weighted by atomic mass is 10.1. The number of hydrogen-bond donors (Lipinski definition) is 3. The molecule has 0 aromatic carbocycles. The zero-order chi connectivity index (χ0) is 13.7. The van der Waals surface area contributed by atoms with Crippen LogP contribution in [0.15, 0.2) is 15.9 Å². The molecule has 0 saturated heterocycles. The second-order valence-electron chi connectivity index (χ2n) is 4.93. The Balaban J connectivity index is 1.57. The Bertz CT molecular complexity index is 425. The molecule has 1 aromatic rings. The van der Waals surface area contributed by atoms with Crippen molar-refractivity contribution in [3.63, 3.8) is 0 Å². The molecule has 4 nitrogen and oxygen atoms in total. The van der Waals surface area contributed by atoms with Crippen molar-refractivity contribution < 1.29 is 9.90 Å². The molecule has 2 unspecified atom stereocenters. The molecule has 1 heterocycles. The highest BCUT2D eigenvalue weighted by Crippen LogP contribution is 2.24. The maximum absolute atomic E-state index is 11.6. The molecule has 1 aliphatic carbocycles. The summed E-state index contributed by atoms with van der Waals surface area (Å²) in [6, 6.07) is 3.97. The van der Waals surface area contributed by atoms with Crippen LogP contribution in [0.2, 0.25) is 0 Å². The lowest BCUT2D eigenvalue weighted by molar-refractivity contribution is 0.177. The molecule has 1 aliphatic rings. The minimum absolute atomic E-state index is 0.114. The van der Waals surface area contributed by atoms with E-state index >= 15 is 0 Å². The molecule has 6 heteroatoms. The molecule has 1 saturated carbocycles. The van der Waals surface area contributed by atoms with E-state index in [-0.39, 0.29) is 12.1 Å². The van der Waals surface area contributed by atoms with Gasteiger partial charge in [0.25, 0.3) is 0 Å². The van der Waals surface area contributed by atoms with E-state index in [2.05, 4.69) is 32.6 Å². The van der Waals surface area contributed by atoms with E-state index in [0.29, 0.717) is 19.0 Å². The van der Waals surface area contributed by atoms with Gasteiger partial charge < -0.3 is 15.7 Å². The third-order valence-corrected chi connectivity index (χ3v) is 5.03. The van der Waals surface area contributed by atoms with Crippen LogP contribution in [-0.4, -0.2) is 30.3 Å². The number of rotatable bonds is 5. The number of carbonyl (C=O) groups is 1. The molecule has 1 aromatic heterocycles. The van der Waals surface area contributed by atoms with Gasteiger partial charge in [-0.2, -0.15) is 0 Å². The average Bonchev–Trinajstić information content (AvgIpc) is 2.96. The molecule has 3 N–H and O–H groups in total. The highest BCUT2D eigenvalue weighted by Gasteiger charge is 2.22. The minimum Gasteiger partial charge on any atom is -0.393 e. The molecular formula is C13H19BrN2O2S. The van der Waals surface area contributed by atoms with E-state index in [0.717, 1.165) is 29.5 Å². The predicted octanol–water partition coefficient (Wildman–Crippen LogP) is 2.51. The van der Waals surface area contributed by atoms with Crippen LogP contribution in [-0.2, 0) is 6.42 Å². The summed E-state index contributed by atoms with van der Waals surface area (Å²) in [5.41, 5.74) is 0. The molecule has 2 amide bonds. The van der Waals surface area contributed by atoms with Crippen LogP contribution in [0, 0.1) is 5.92 Å². The first-order valence-electron chi connectivity index (χ1n) is 6.57. The summed E-state index contributed by atoms with van der Waals surface area (Å²) >= 11 is 5.11. The van der Waals surface area contributed by atoms with Gasteiger partial charge in [-0.15, -0.1) is 11.3 Å². The van der Waals surface area contributed by atoms with Crippen LogP contribution >= 0.6 is 27.3 Å². The predicted molar refractivity (Wildman–Crippen MR) is 80.5 cm³/mol. The van der Waals surface area contributed by atoms with Crippen LogP contribution < -0.4 is 10.6 Å². The first-order valence-corrected chi connectivity index (χ1v) is 8.18. The molecule has 106 valence electrons. The molecular weight excluding hydrogens is 328 g/mol. The zero-order valence-electron chi connectivity index (χ0n) is 10.7. The maximum atomic E-state index is 11.6. The van der Waals surface area contributed by atoms with Crippen molar-refractivity contribution >= 4 is 33.3 Å². The first kappa shape index (κ1) is 14.8. The van der Waals surface area contributed by atoms with E-state index in [1.807, 2.05) is 6.07 Å². The lowest BCUT2D eigenvalue weighted by Gasteiger charge is -2.11. The fourth-order valence-corrected chi connectivity index (χ4v) is 3.80.